The molecule has 108 valence electrons. The highest BCUT2D eigenvalue weighted by atomic mass is 16.1. The summed E-state index contributed by atoms with van der Waals surface area (Å²) in [5, 5.41) is 9.35. The normalized spacial score (nSPS) is 14.2. The van der Waals surface area contributed by atoms with Crippen LogP contribution in [-0.2, 0) is 6.54 Å². The van der Waals surface area contributed by atoms with Crippen molar-refractivity contribution in [2.45, 2.75) is 26.3 Å². The van der Waals surface area contributed by atoms with Gasteiger partial charge < -0.3 is 16.0 Å². The fraction of sp³-hybridized carbons (Fsp3) is 0.467. The molecule has 5 heteroatoms. The molecule has 0 bridgehead atoms. The second-order valence-corrected chi connectivity index (χ2v) is 4.82. The first-order valence-corrected chi connectivity index (χ1v) is 7.19. The SMILES string of the molecule is CCCNC(=O)c1cccc(CNC2=NCCCN2)c1. The Morgan fingerprint density at radius 3 is 3.10 bits per heavy atom. The number of aliphatic imine (C=N–C) groups is 1. The number of rotatable bonds is 5. The number of guanidine groups is 1. The van der Waals surface area contributed by atoms with Gasteiger partial charge >= 0.3 is 0 Å². The van der Waals surface area contributed by atoms with E-state index in [1.165, 1.54) is 0 Å². The molecule has 20 heavy (non-hydrogen) atoms. The van der Waals surface area contributed by atoms with Crippen LogP contribution >= 0.6 is 0 Å². The topological polar surface area (TPSA) is 65.5 Å². The van der Waals surface area contributed by atoms with Crippen molar-refractivity contribution >= 4 is 11.9 Å². The summed E-state index contributed by atoms with van der Waals surface area (Å²) in [6.07, 6.45) is 2.02. The number of hydrogen-bond donors (Lipinski definition) is 3. The van der Waals surface area contributed by atoms with E-state index in [1.807, 2.05) is 31.2 Å². The molecule has 0 radical (unpaired) electrons. The van der Waals surface area contributed by atoms with Gasteiger partial charge in [0.25, 0.3) is 5.91 Å². The highest BCUT2D eigenvalue weighted by Crippen LogP contribution is 2.05. The van der Waals surface area contributed by atoms with Crippen LogP contribution < -0.4 is 16.0 Å². The highest BCUT2D eigenvalue weighted by molar-refractivity contribution is 5.94. The number of carbonyl (C=O) groups excluding carboxylic acids is 1. The summed E-state index contributed by atoms with van der Waals surface area (Å²) in [7, 11) is 0. The fourth-order valence-corrected chi connectivity index (χ4v) is 2.00. The highest BCUT2D eigenvalue weighted by Gasteiger charge is 2.06. The summed E-state index contributed by atoms with van der Waals surface area (Å²) < 4.78 is 0. The molecule has 0 fully saturated rings. The third-order valence-electron chi connectivity index (χ3n) is 3.08. The van der Waals surface area contributed by atoms with Crippen molar-refractivity contribution < 1.29 is 4.79 Å². The number of carbonyl (C=O) groups is 1. The zero-order chi connectivity index (χ0) is 14.2. The number of nitrogens with one attached hydrogen (secondary N) is 3. The van der Waals surface area contributed by atoms with Crippen LogP contribution in [0.5, 0.6) is 0 Å². The quantitative estimate of drug-likeness (QED) is 0.757. The lowest BCUT2D eigenvalue weighted by Crippen LogP contribution is -2.40. The molecule has 0 saturated carbocycles. The van der Waals surface area contributed by atoms with Gasteiger partial charge in [-0.1, -0.05) is 19.1 Å². The van der Waals surface area contributed by atoms with Gasteiger partial charge in [-0.15, -0.1) is 0 Å². The van der Waals surface area contributed by atoms with Crippen LogP contribution in [0, 0.1) is 0 Å². The van der Waals surface area contributed by atoms with E-state index in [0.29, 0.717) is 18.7 Å². The van der Waals surface area contributed by atoms with Crippen molar-refractivity contribution in [3.8, 4) is 0 Å². The summed E-state index contributed by atoms with van der Waals surface area (Å²) in [4.78, 5) is 16.3. The van der Waals surface area contributed by atoms with Gasteiger partial charge in [-0.2, -0.15) is 0 Å². The van der Waals surface area contributed by atoms with Crippen LogP contribution in [0.3, 0.4) is 0 Å². The molecule has 0 aromatic heterocycles. The summed E-state index contributed by atoms with van der Waals surface area (Å²) >= 11 is 0. The number of nitrogens with zero attached hydrogens (tertiary/aromatic N) is 1. The van der Waals surface area contributed by atoms with Crippen molar-refractivity contribution in [3.63, 3.8) is 0 Å². The Kier molecular flexibility index (Phi) is 5.41. The van der Waals surface area contributed by atoms with Gasteiger partial charge in [-0.25, -0.2) is 0 Å². The van der Waals surface area contributed by atoms with Gasteiger partial charge in [0, 0.05) is 31.7 Å². The molecule has 1 aliphatic rings. The predicted molar refractivity (Wildman–Crippen MR) is 80.8 cm³/mol. The Labute approximate surface area is 119 Å². The largest absolute Gasteiger partial charge is 0.356 e. The molecule has 5 nitrogen and oxygen atoms in total. The van der Waals surface area contributed by atoms with Crippen LogP contribution in [0.2, 0.25) is 0 Å². The first kappa shape index (κ1) is 14.4. The smallest absolute Gasteiger partial charge is 0.251 e. The van der Waals surface area contributed by atoms with Crippen molar-refractivity contribution in [1.29, 1.82) is 0 Å². The monoisotopic (exact) mass is 274 g/mol. The van der Waals surface area contributed by atoms with Crippen molar-refractivity contribution in [3.05, 3.63) is 35.4 Å². The maximum atomic E-state index is 11.9. The minimum absolute atomic E-state index is 0.0122. The van der Waals surface area contributed by atoms with Crippen molar-refractivity contribution in [2.75, 3.05) is 19.6 Å². The molecule has 1 heterocycles. The maximum absolute atomic E-state index is 11.9. The Hall–Kier alpha value is -2.04. The van der Waals surface area contributed by atoms with Gasteiger partial charge in [-0.3, -0.25) is 9.79 Å². The molecule has 0 saturated heterocycles. The first-order valence-electron chi connectivity index (χ1n) is 7.19. The lowest BCUT2D eigenvalue weighted by molar-refractivity contribution is 0.0953. The molecule has 1 aromatic rings. The van der Waals surface area contributed by atoms with Gasteiger partial charge in [0.2, 0.25) is 0 Å². The summed E-state index contributed by atoms with van der Waals surface area (Å²) in [5.41, 5.74) is 1.78. The molecule has 3 N–H and O–H groups in total. The standard InChI is InChI=1S/C15H22N4O/c1-2-7-16-14(20)13-6-3-5-12(10-13)11-19-15-17-8-4-9-18-15/h3,5-6,10H,2,4,7-9,11H2,1H3,(H,16,20)(H2,17,18,19). The average Bonchev–Trinajstić information content (AvgIpc) is 2.52. The summed E-state index contributed by atoms with van der Waals surface area (Å²) in [6, 6.07) is 7.67. The molecular weight excluding hydrogens is 252 g/mol. The molecular formula is C15H22N4O. The van der Waals surface area contributed by atoms with Crippen molar-refractivity contribution in [1.82, 2.24) is 16.0 Å². The Bertz CT molecular complexity index is 485. The second-order valence-electron chi connectivity index (χ2n) is 4.82. The molecule has 0 spiro atoms. The zero-order valence-corrected chi connectivity index (χ0v) is 11.9. The third kappa shape index (κ3) is 4.26. The van der Waals surface area contributed by atoms with E-state index >= 15 is 0 Å². The minimum Gasteiger partial charge on any atom is -0.356 e. The van der Waals surface area contributed by atoms with Gasteiger partial charge in [0.1, 0.15) is 0 Å². The first-order chi connectivity index (χ1) is 9.79. The molecule has 0 aliphatic carbocycles. The molecule has 0 unspecified atom stereocenters. The molecule has 1 aromatic carbocycles. The Morgan fingerprint density at radius 1 is 1.45 bits per heavy atom. The van der Waals surface area contributed by atoms with E-state index in [0.717, 1.165) is 37.5 Å². The Morgan fingerprint density at radius 2 is 2.35 bits per heavy atom. The minimum atomic E-state index is -0.0122. The molecule has 2 rings (SSSR count). The molecule has 1 aliphatic heterocycles. The lowest BCUT2D eigenvalue weighted by Gasteiger charge is -2.16. The predicted octanol–water partition coefficient (Wildman–Crippen LogP) is 1.27. The summed E-state index contributed by atoms with van der Waals surface area (Å²) in [5.74, 6) is 0.832. The molecule has 1 amide bonds. The average molecular weight is 274 g/mol. The van der Waals surface area contributed by atoms with Crippen LogP contribution in [0.4, 0.5) is 0 Å². The Balaban J connectivity index is 1.91. The van der Waals surface area contributed by atoms with Gasteiger partial charge in [0.05, 0.1) is 0 Å². The third-order valence-corrected chi connectivity index (χ3v) is 3.08. The van der Waals surface area contributed by atoms with E-state index < -0.39 is 0 Å². The van der Waals surface area contributed by atoms with E-state index in [1.54, 1.807) is 0 Å². The van der Waals surface area contributed by atoms with Crippen LogP contribution in [-0.4, -0.2) is 31.5 Å². The molecule has 0 atom stereocenters. The van der Waals surface area contributed by atoms with Crippen molar-refractivity contribution in [2.24, 2.45) is 4.99 Å². The van der Waals surface area contributed by atoms with Crippen LogP contribution in [0.25, 0.3) is 0 Å². The number of benzene rings is 1. The lowest BCUT2D eigenvalue weighted by atomic mass is 10.1. The van der Waals surface area contributed by atoms with E-state index in [-0.39, 0.29) is 5.91 Å². The maximum Gasteiger partial charge on any atom is 0.251 e. The van der Waals surface area contributed by atoms with E-state index in [9.17, 15) is 4.79 Å². The van der Waals surface area contributed by atoms with Crippen LogP contribution in [0.15, 0.2) is 29.3 Å². The number of amides is 1. The summed E-state index contributed by atoms with van der Waals surface area (Å²) in [6.45, 7) is 5.25. The van der Waals surface area contributed by atoms with E-state index in [2.05, 4.69) is 20.9 Å². The zero-order valence-electron chi connectivity index (χ0n) is 11.9. The van der Waals surface area contributed by atoms with Crippen LogP contribution in [0.1, 0.15) is 35.7 Å². The van der Waals surface area contributed by atoms with E-state index in [4.69, 9.17) is 0 Å². The fourth-order valence-electron chi connectivity index (χ4n) is 2.00. The van der Waals surface area contributed by atoms with Gasteiger partial charge in [-0.05, 0) is 30.5 Å². The second kappa shape index (κ2) is 7.53. The number of hydrogen-bond acceptors (Lipinski definition) is 4. The van der Waals surface area contributed by atoms with Gasteiger partial charge in [0.15, 0.2) is 5.96 Å².